The highest BCUT2D eigenvalue weighted by Crippen LogP contribution is 2.33. The van der Waals surface area contributed by atoms with Gasteiger partial charge in [0.1, 0.15) is 4.32 Å². The van der Waals surface area contributed by atoms with Crippen LogP contribution in [0.1, 0.15) is 23.3 Å². The van der Waals surface area contributed by atoms with Gasteiger partial charge in [0, 0.05) is 23.5 Å². The van der Waals surface area contributed by atoms with Crippen molar-refractivity contribution in [2.45, 2.75) is 19.0 Å². The van der Waals surface area contributed by atoms with Gasteiger partial charge in [-0.15, -0.1) is 11.3 Å². The minimum Gasteiger partial charge on any atom is -0.326 e. The second kappa shape index (κ2) is 9.10. The summed E-state index contributed by atoms with van der Waals surface area (Å²) in [7, 11) is 0. The molecule has 10 heteroatoms. The highest BCUT2D eigenvalue weighted by molar-refractivity contribution is 8.26. The number of amides is 2. The molecule has 0 saturated carbocycles. The van der Waals surface area contributed by atoms with Crippen LogP contribution in [0.4, 0.5) is 18.9 Å². The summed E-state index contributed by atoms with van der Waals surface area (Å²) in [6, 6.07) is 8.04. The Morgan fingerprint density at radius 1 is 1.21 bits per heavy atom. The van der Waals surface area contributed by atoms with Gasteiger partial charge in [0.25, 0.3) is 5.91 Å². The second-order valence-corrected chi connectivity index (χ2v) is 8.73. The van der Waals surface area contributed by atoms with Crippen molar-refractivity contribution in [3.8, 4) is 0 Å². The number of benzene rings is 1. The largest absolute Gasteiger partial charge is 0.416 e. The maximum atomic E-state index is 12.6. The Kier molecular flexibility index (Phi) is 6.76. The summed E-state index contributed by atoms with van der Waals surface area (Å²) in [6.07, 6.45) is -2.13. The van der Waals surface area contributed by atoms with E-state index < -0.39 is 11.7 Å². The van der Waals surface area contributed by atoms with Crippen LogP contribution in [0.15, 0.2) is 46.7 Å². The van der Waals surface area contributed by atoms with Crippen LogP contribution in [-0.4, -0.2) is 27.6 Å². The summed E-state index contributed by atoms with van der Waals surface area (Å²) in [5.41, 5.74) is -0.493. The molecule has 0 atom stereocenters. The van der Waals surface area contributed by atoms with Crippen LogP contribution in [0.25, 0.3) is 6.08 Å². The first kappa shape index (κ1) is 21.5. The topological polar surface area (TPSA) is 49.4 Å². The molecule has 2 heterocycles. The van der Waals surface area contributed by atoms with Gasteiger partial charge >= 0.3 is 6.18 Å². The normalized spacial score (nSPS) is 16.0. The van der Waals surface area contributed by atoms with Crippen LogP contribution in [0.3, 0.4) is 0 Å². The summed E-state index contributed by atoms with van der Waals surface area (Å²) >= 11 is 8.00. The lowest BCUT2D eigenvalue weighted by atomic mass is 10.2. The fraction of sp³-hybridized carbons (Fsp3) is 0.211. The van der Waals surface area contributed by atoms with Gasteiger partial charge in [-0.1, -0.05) is 30.0 Å². The molecule has 1 aliphatic heterocycles. The van der Waals surface area contributed by atoms with Crippen LogP contribution in [-0.2, 0) is 15.8 Å². The number of hydrogen-bond acceptors (Lipinski definition) is 5. The number of hydrogen-bond donors (Lipinski definition) is 1. The maximum Gasteiger partial charge on any atom is 0.416 e. The minimum atomic E-state index is -4.42. The number of thiocarbonyl (C=S) groups is 1. The molecule has 0 spiro atoms. The van der Waals surface area contributed by atoms with E-state index in [9.17, 15) is 22.8 Å². The van der Waals surface area contributed by atoms with Gasteiger partial charge in [-0.05, 0) is 48.2 Å². The molecule has 0 aliphatic carbocycles. The third-order valence-corrected chi connectivity index (χ3v) is 6.17. The molecule has 1 saturated heterocycles. The number of rotatable bonds is 6. The number of alkyl halides is 3. The zero-order chi connectivity index (χ0) is 21.0. The van der Waals surface area contributed by atoms with Gasteiger partial charge in [0.2, 0.25) is 5.91 Å². The smallest absolute Gasteiger partial charge is 0.326 e. The number of anilines is 1. The molecular weight excluding hydrogens is 441 g/mol. The lowest BCUT2D eigenvalue weighted by Gasteiger charge is -2.14. The molecule has 1 aromatic heterocycles. The van der Waals surface area contributed by atoms with Crippen molar-refractivity contribution in [3.63, 3.8) is 0 Å². The van der Waals surface area contributed by atoms with Crippen molar-refractivity contribution in [1.82, 2.24) is 4.90 Å². The second-order valence-electron chi connectivity index (χ2n) is 6.08. The highest BCUT2D eigenvalue weighted by atomic mass is 32.2. The van der Waals surface area contributed by atoms with Crippen molar-refractivity contribution in [3.05, 3.63) is 57.1 Å². The summed E-state index contributed by atoms with van der Waals surface area (Å²) < 4.78 is 38.1. The number of thiophene rings is 1. The molecule has 1 N–H and O–H groups in total. The molecule has 0 radical (unpaired) electrons. The molecule has 3 rings (SSSR count). The third-order valence-electron chi connectivity index (χ3n) is 3.97. The van der Waals surface area contributed by atoms with E-state index in [0.717, 1.165) is 17.0 Å². The van der Waals surface area contributed by atoms with E-state index in [1.54, 1.807) is 6.08 Å². The predicted octanol–water partition coefficient (Wildman–Crippen LogP) is 5.39. The van der Waals surface area contributed by atoms with Gasteiger partial charge in [-0.3, -0.25) is 14.5 Å². The maximum absolute atomic E-state index is 12.6. The van der Waals surface area contributed by atoms with Crippen molar-refractivity contribution in [2.24, 2.45) is 0 Å². The van der Waals surface area contributed by atoms with Crippen molar-refractivity contribution < 1.29 is 22.8 Å². The molecule has 1 aromatic carbocycles. The quantitative estimate of drug-likeness (QED) is 0.468. The molecule has 2 amide bonds. The van der Waals surface area contributed by atoms with Crippen molar-refractivity contribution >= 4 is 63.2 Å². The van der Waals surface area contributed by atoms with Crippen molar-refractivity contribution in [1.29, 1.82) is 0 Å². The van der Waals surface area contributed by atoms with E-state index in [1.807, 2.05) is 17.5 Å². The molecule has 0 bridgehead atoms. The SMILES string of the molecule is O=C(CCCN1C(=O)C(=Cc2cccs2)SC1=S)Nc1ccc(C(F)(F)F)cc1. The Balaban J connectivity index is 1.49. The Labute approximate surface area is 178 Å². The summed E-state index contributed by atoms with van der Waals surface area (Å²) in [6.45, 7) is 0.298. The Morgan fingerprint density at radius 3 is 2.55 bits per heavy atom. The first-order valence-electron chi connectivity index (χ1n) is 8.50. The first-order chi connectivity index (χ1) is 13.7. The third kappa shape index (κ3) is 5.68. The van der Waals surface area contributed by atoms with Gasteiger partial charge in [0.05, 0.1) is 10.5 Å². The van der Waals surface area contributed by atoms with Crippen LogP contribution in [0.5, 0.6) is 0 Å². The standard InChI is InChI=1S/C19H15F3N2O2S3/c20-19(21,22)12-5-7-13(8-6-12)23-16(25)4-1-9-24-17(26)15(29-18(24)27)11-14-3-2-10-28-14/h2-3,5-8,10-11H,1,4,9H2,(H,23,25). The fourth-order valence-corrected chi connectivity index (χ4v) is 4.59. The molecular formula is C19H15F3N2O2S3. The summed E-state index contributed by atoms with van der Waals surface area (Å²) in [4.78, 5) is 27.5. The van der Waals surface area contributed by atoms with Crippen LogP contribution < -0.4 is 5.32 Å². The zero-order valence-corrected chi connectivity index (χ0v) is 17.3. The van der Waals surface area contributed by atoms with E-state index in [4.69, 9.17) is 12.2 Å². The Hall–Kier alpha value is -2.17. The monoisotopic (exact) mass is 456 g/mol. The average molecular weight is 457 g/mol. The van der Waals surface area contributed by atoms with Gasteiger partial charge < -0.3 is 5.32 Å². The zero-order valence-electron chi connectivity index (χ0n) is 14.9. The summed E-state index contributed by atoms with van der Waals surface area (Å²) in [5, 5.41) is 4.47. The molecule has 1 aliphatic rings. The highest BCUT2D eigenvalue weighted by Gasteiger charge is 2.32. The number of nitrogens with zero attached hydrogens (tertiary/aromatic N) is 1. The minimum absolute atomic E-state index is 0.113. The molecule has 2 aromatic rings. The number of carbonyl (C=O) groups is 2. The Bertz CT molecular complexity index is 939. The van der Waals surface area contributed by atoms with Crippen LogP contribution in [0, 0.1) is 0 Å². The number of nitrogens with one attached hydrogen (secondary N) is 1. The van der Waals surface area contributed by atoms with Gasteiger partial charge in [-0.25, -0.2) is 0 Å². The molecule has 152 valence electrons. The van der Waals surface area contributed by atoms with Crippen LogP contribution >= 0.6 is 35.3 Å². The van der Waals surface area contributed by atoms with Gasteiger partial charge in [0.15, 0.2) is 0 Å². The fourth-order valence-electron chi connectivity index (χ4n) is 2.56. The van der Waals surface area contributed by atoms with Crippen molar-refractivity contribution in [2.75, 3.05) is 11.9 Å². The van der Waals surface area contributed by atoms with E-state index in [-0.39, 0.29) is 23.9 Å². The molecule has 29 heavy (non-hydrogen) atoms. The van der Waals surface area contributed by atoms with E-state index in [2.05, 4.69) is 5.32 Å². The first-order valence-corrected chi connectivity index (χ1v) is 10.6. The molecule has 1 fully saturated rings. The van der Waals surface area contributed by atoms with E-state index >= 15 is 0 Å². The molecule has 0 unspecified atom stereocenters. The average Bonchev–Trinajstić information content (AvgIpc) is 3.25. The lowest BCUT2D eigenvalue weighted by molar-refractivity contribution is -0.137. The van der Waals surface area contributed by atoms with E-state index in [1.165, 1.54) is 40.1 Å². The van der Waals surface area contributed by atoms with E-state index in [0.29, 0.717) is 22.2 Å². The number of carbonyl (C=O) groups excluding carboxylic acids is 2. The number of thioether (sulfide) groups is 1. The lowest BCUT2D eigenvalue weighted by Crippen LogP contribution is -2.29. The number of halogens is 3. The van der Waals surface area contributed by atoms with Crippen LogP contribution in [0.2, 0.25) is 0 Å². The molecule has 4 nitrogen and oxygen atoms in total. The predicted molar refractivity (Wildman–Crippen MR) is 114 cm³/mol. The Morgan fingerprint density at radius 2 is 1.93 bits per heavy atom. The van der Waals surface area contributed by atoms with Gasteiger partial charge in [-0.2, -0.15) is 13.2 Å². The summed E-state index contributed by atoms with van der Waals surface area (Å²) in [5.74, 6) is -0.527.